The monoisotopic (exact) mass is 384 g/mol. The van der Waals surface area contributed by atoms with E-state index >= 15 is 0 Å². The van der Waals surface area contributed by atoms with Crippen LogP contribution in [0.15, 0.2) is 30.7 Å². The van der Waals surface area contributed by atoms with Crippen molar-refractivity contribution in [2.24, 2.45) is 0 Å². The molecule has 0 bridgehead atoms. The molecule has 0 N–H and O–H groups in total. The van der Waals surface area contributed by atoms with Crippen molar-refractivity contribution in [1.82, 2.24) is 19.8 Å². The molecule has 0 aromatic carbocycles. The van der Waals surface area contributed by atoms with Gasteiger partial charge in [0.2, 0.25) is 5.91 Å². The van der Waals surface area contributed by atoms with Crippen molar-refractivity contribution in [1.29, 1.82) is 0 Å². The third-order valence-corrected chi connectivity index (χ3v) is 6.52. The summed E-state index contributed by atoms with van der Waals surface area (Å²) in [6.45, 7) is 2.52. The molecule has 6 nitrogen and oxygen atoms in total. The first-order chi connectivity index (χ1) is 13.2. The highest BCUT2D eigenvalue weighted by molar-refractivity contribution is 7.14. The fourth-order valence-corrected chi connectivity index (χ4v) is 5.05. The molecule has 2 aromatic heterocycles. The zero-order valence-corrected chi connectivity index (χ0v) is 16.2. The summed E-state index contributed by atoms with van der Waals surface area (Å²) in [6.07, 6.45) is 10.2. The molecule has 7 heteroatoms. The van der Waals surface area contributed by atoms with Crippen molar-refractivity contribution in [3.8, 4) is 0 Å². The SMILES string of the molecule is O=C(c1ccc(C2CCCN2C(=O)CCc2cnccn2)s1)N1CCCC1. The molecule has 0 spiro atoms. The maximum Gasteiger partial charge on any atom is 0.263 e. The van der Waals surface area contributed by atoms with Crippen molar-refractivity contribution in [2.45, 2.75) is 44.6 Å². The Balaban J connectivity index is 1.40. The van der Waals surface area contributed by atoms with Crippen molar-refractivity contribution in [3.63, 3.8) is 0 Å². The first kappa shape index (κ1) is 18.1. The molecule has 0 saturated carbocycles. The smallest absolute Gasteiger partial charge is 0.263 e. The standard InChI is InChI=1S/C20H24N4O2S/c25-19(8-5-15-14-21-9-10-22-15)24-13-3-4-16(24)17-6-7-18(27-17)20(26)23-11-1-2-12-23/h6-7,9-10,14,16H,1-5,8,11-13H2. The van der Waals surface area contributed by atoms with Crippen LogP contribution in [0.4, 0.5) is 0 Å². The minimum Gasteiger partial charge on any atom is -0.338 e. The summed E-state index contributed by atoms with van der Waals surface area (Å²) in [6, 6.07) is 4.07. The van der Waals surface area contributed by atoms with Crippen LogP contribution in [0.5, 0.6) is 0 Å². The van der Waals surface area contributed by atoms with Gasteiger partial charge < -0.3 is 9.80 Å². The molecule has 2 aliphatic rings. The summed E-state index contributed by atoms with van der Waals surface area (Å²) in [7, 11) is 0. The molecule has 1 unspecified atom stereocenters. The van der Waals surface area contributed by atoms with Gasteiger partial charge in [0.15, 0.2) is 0 Å². The van der Waals surface area contributed by atoms with Gasteiger partial charge in [0.05, 0.1) is 16.6 Å². The topological polar surface area (TPSA) is 66.4 Å². The van der Waals surface area contributed by atoms with Crippen LogP contribution in [0.1, 0.15) is 58.4 Å². The van der Waals surface area contributed by atoms with E-state index in [0.717, 1.165) is 60.8 Å². The number of hydrogen-bond donors (Lipinski definition) is 0. The van der Waals surface area contributed by atoms with E-state index in [1.165, 1.54) is 0 Å². The van der Waals surface area contributed by atoms with Gasteiger partial charge in [-0.2, -0.15) is 0 Å². The number of hydrogen-bond acceptors (Lipinski definition) is 5. The Morgan fingerprint density at radius 1 is 1.11 bits per heavy atom. The molecule has 2 fully saturated rings. The van der Waals surface area contributed by atoms with Gasteiger partial charge in [-0.1, -0.05) is 0 Å². The van der Waals surface area contributed by atoms with Crippen molar-refractivity contribution >= 4 is 23.2 Å². The molecule has 1 atom stereocenters. The summed E-state index contributed by atoms with van der Waals surface area (Å²) in [4.78, 5) is 39.5. The molecule has 0 aliphatic carbocycles. The van der Waals surface area contributed by atoms with Gasteiger partial charge in [-0.3, -0.25) is 19.6 Å². The van der Waals surface area contributed by atoms with Crippen LogP contribution in [0.3, 0.4) is 0 Å². The zero-order chi connectivity index (χ0) is 18.6. The average molecular weight is 385 g/mol. The molecular formula is C20H24N4O2S. The lowest BCUT2D eigenvalue weighted by atomic mass is 10.1. The van der Waals surface area contributed by atoms with Gasteiger partial charge in [0.25, 0.3) is 5.91 Å². The highest BCUT2D eigenvalue weighted by atomic mass is 32.1. The minimum absolute atomic E-state index is 0.101. The Kier molecular flexibility index (Phi) is 5.48. The minimum atomic E-state index is 0.101. The summed E-state index contributed by atoms with van der Waals surface area (Å²) >= 11 is 1.55. The first-order valence-corrected chi connectivity index (χ1v) is 10.5. The van der Waals surface area contributed by atoms with E-state index in [0.29, 0.717) is 12.8 Å². The Labute approximate surface area is 163 Å². The highest BCUT2D eigenvalue weighted by Gasteiger charge is 2.31. The number of carbonyl (C=O) groups is 2. The molecular weight excluding hydrogens is 360 g/mol. The number of aryl methyl sites for hydroxylation is 1. The second kappa shape index (κ2) is 8.17. The number of nitrogens with zero attached hydrogens (tertiary/aromatic N) is 4. The largest absolute Gasteiger partial charge is 0.338 e. The van der Waals surface area contributed by atoms with Crippen LogP contribution in [-0.2, 0) is 11.2 Å². The van der Waals surface area contributed by atoms with Crippen LogP contribution < -0.4 is 0 Å². The van der Waals surface area contributed by atoms with Crippen LogP contribution >= 0.6 is 11.3 Å². The molecule has 2 aromatic rings. The quantitative estimate of drug-likeness (QED) is 0.795. The third-order valence-electron chi connectivity index (χ3n) is 5.34. The van der Waals surface area contributed by atoms with Gasteiger partial charge >= 0.3 is 0 Å². The second-order valence-electron chi connectivity index (χ2n) is 7.14. The summed E-state index contributed by atoms with van der Waals surface area (Å²) in [5.41, 5.74) is 0.844. The molecule has 27 heavy (non-hydrogen) atoms. The van der Waals surface area contributed by atoms with Crippen LogP contribution in [0.25, 0.3) is 0 Å². The van der Waals surface area contributed by atoms with Crippen molar-refractivity contribution in [2.75, 3.05) is 19.6 Å². The van der Waals surface area contributed by atoms with Gasteiger partial charge in [-0.25, -0.2) is 0 Å². The Bertz CT molecular complexity index is 801. The number of thiophene rings is 1. The molecule has 4 heterocycles. The lowest BCUT2D eigenvalue weighted by Gasteiger charge is -2.24. The maximum absolute atomic E-state index is 12.8. The number of aromatic nitrogens is 2. The van der Waals surface area contributed by atoms with Crippen molar-refractivity contribution < 1.29 is 9.59 Å². The van der Waals surface area contributed by atoms with E-state index < -0.39 is 0 Å². The molecule has 2 aliphatic heterocycles. The predicted molar refractivity (Wildman–Crippen MR) is 103 cm³/mol. The normalized spacial score (nSPS) is 19.6. The lowest BCUT2D eigenvalue weighted by Crippen LogP contribution is -2.30. The molecule has 2 amide bonds. The van der Waals surface area contributed by atoms with Gasteiger partial charge in [0.1, 0.15) is 0 Å². The molecule has 4 rings (SSSR count). The molecule has 2 saturated heterocycles. The second-order valence-corrected chi connectivity index (χ2v) is 8.26. The van der Waals surface area contributed by atoms with E-state index in [2.05, 4.69) is 9.97 Å². The van der Waals surface area contributed by atoms with Gasteiger partial charge in [-0.15, -0.1) is 11.3 Å². The fourth-order valence-electron chi connectivity index (χ4n) is 3.92. The maximum atomic E-state index is 12.8. The zero-order valence-electron chi connectivity index (χ0n) is 15.3. The Hall–Kier alpha value is -2.28. The molecule has 0 radical (unpaired) electrons. The average Bonchev–Trinajstić information content (AvgIpc) is 3.47. The summed E-state index contributed by atoms with van der Waals surface area (Å²) in [5, 5.41) is 0. The first-order valence-electron chi connectivity index (χ1n) is 9.66. The van der Waals surface area contributed by atoms with E-state index in [9.17, 15) is 9.59 Å². The predicted octanol–water partition coefficient (Wildman–Crippen LogP) is 3.07. The number of carbonyl (C=O) groups excluding carboxylic acids is 2. The van der Waals surface area contributed by atoms with Gasteiger partial charge in [-0.05, 0) is 44.2 Å². The van der Waals surface area contributed by atoms with Crippen LogP contribution in [0, 0.1) is 0 Å². The van der Waals surface area contributed by atoms with Crippen LogP contribution in [-0.4, -0.2) is 51.2 Å². The molecule has 142 valence electrons. The fraction of sp³-hybridized carbons (Fsp3) is 0.500. The van der Waals surface area contributed by atoms with E-state index in [-0.39, 0.29) is 17.9 Å². The van der Waals surface area contributed by atoms with E-state index in [1.54, 1.807) is 29.9 Å². The summed E-state index contributed by atoms with van der Waals surface area (Å²) in [5.74, 6) is 0.297. The van der Waals surface area contributed by atoms with Crippen molar-refractivity contribution in [3.05, 3.63) is 46.2 Å². The van der Waals surface area contributed by atoms with Gasteiger partial charge in [0, 0.05) is 49.5 Å². The highest BCUT2D eigenvalue weighted by Crippen LogP contribution is 2.36. The summed E-state index contributed by atoms with van der Waals surface area (Å²) < 4.78 is 0. The van der Waals surface area contributed by atoms with E-state index in [4.69, 9.17) is 0 Å². The Morgan fingerprint density at radius 3 is 2.74 bits per heavy atom. The van der Waals surface area contributed by atoms with E-state index in [1.807, 2.05) is 21.9 Å². The number of amides is 2. The third kappa shape index (κ3) is 4.03. The lowest BCUT2D eigenvalue weighted by molar-refractivity contribution is -0.132. The van der Waals surface area contributed by atoms with Crippen LogP contribution in [0.2, 0.25) is 0 Å². The number of likely N-dealkylation sites (tertiary alicyclic amines) is 2. The number of rotatable bonds is 5. The Morgan fingerprint density at radius 2 is 1.96 bits per heavy atom.